The molecule has 0 aliphatic rings. The van der Waals surface area contributed by atoms with Crippen molar-refractivity contribution in [1.82, 2.24) is 0 Å². The van der Waals surface area contributed by atoms with Crippen LogP contribution < -0.4 is 22.3 Å². The number of hydrogen-bond acceptors (Lipinski definition) is 5. The molecule has 20 heavy (non-hydrogen) atoms. The molecule has 0 bridgehead atoms. The van der Waals surface area contributed by atoms with Gasteiger partial charge < -0.3 is 21.6 Å². The Hall–Kier alpha value is -2.24. The zero-order chi connectivity index (χ0) is 14.5. The lowest BCUT2D eigenvalue weighted by Crippen LogP contribution is -2.31. The molecule has 2 aromatic carbocycles. The fraction of sp³-hybridized carbons (Fsp3) is 0.200. The van der Waals surface area contributed by atoms with Crippen molar-refractivity contribution < 1.29 is 5.11 Å². The quantitative estimate of drug-likeness (QED) is 0.373. The van der Waals surface area contributed by atoms with E-state index in [0.29, 0.717) is 24.3 Å². The van der Waals surface area contributed by atoms with Gasteiger partial charge >= 0.3 is 0 Å². The maximum absolute atomic E-state index is 9.10. The molecule has 2 aromatic rings. The third-order valence-electron chi connectivity index (χ3n) is 3.19. The minimum absolute atomic E-state index is 0.0886. The Bertz CT molecular complexity index is 586. The summed E-state index contributed by atoms with van der Waals surface area (Å²) in [6.45, 7) is 0.546. The van der Waals surface area contributed by atoms with Gasteiger partial charge in [0.15, 0.2) is 0 Å². The van der Waals surface area contributed by atoms with Crippen LogP contribution in [0, 0.1) is 0 Å². The van der Waals surface area contributed by atoms with E-state index in [1.54, 1.807) is 17.1 Å². The smallest absolute Gasteiger partial charge is 0.0613 e. The summed E-state index contributed by atoms with van der Waals surface area (Å²) >= 11 is 0. The van der Waals surface area contributed by atoms with E-state index in [1.165, 1.54) is 0 Å². The number of nitrogen functional groups attached to an aromatic ring is 2. The van der Waals surface area contributed by atoms with Gasteiger partial charge in [-0.15, -0.1) is 0 Å². The van der Waals surface area contributed by atoms with E-state index in [2.05, 4.69) is 0 Å². The van der Waals surface area contributed by atoms with Crippen LogP contribution in [0.3, 0.4) is 0 Å². The van der Waals surface area contributed by atoms with E-state index in [1.807, 2.05) is 30.3 Å². The fourth-order valence-corrected chi connectivity index (χ4v) is 2.15. The van der Waals surface area contributed by atoms with Crippen LogP contribution in [0.1, 0.15) is 11.1 Å². The zero-order valence-electron chi connectivity index (χ0n) is 11.3. The number of nitrogens with two attached hydrogens (primary N) is 3. The highest BCUT2D eigenvalue weighted by Crippen LogP contribution is 2.23. The topological polar surface area (TPSA) is 102 Å². The average Bonchev–Trinajstić information content (AvgIpc) is 2.44. The number of para-hydroxylation sites is 1. The Morgan fingerprint density at radius 2 is 1.75 bits per heavy atom. The van der Waals surface area contributed by atoms with Gasteiger partial charge in [0, 0.05) is 18.0 Å². The van der Waals surface area contributed by atoms with E-state index >= 15 is 0 Å². The predicted octanol–water partition coefficient (Wildman–Crippen LogP) is 1.27. The van der Waals surface area contributed by atoms with Gasteiger partial charge in [0.1, 0.15) is 0 Å². The highest BCUT2D eigenvalue weighted by atomic mass is 16.2. The van der Waals surface area contributed by atoms with E-state index in [0.717, 1.165) is 16.8 Å². The molecule has 0 unspecified atom stereocenters. The molecule has 0 fully saturated rings. The summed E-state index contributed by atoms with van der Waals surface area (Å²) in [6, 6.07) is 13.1. The van der Waals surface area contributed by atoms with E-state index in [9.17, 15) is 0 Å². The Morgan fingerprint density at radius 3 is 2.50 bits per heavy atom. The lowest BCUT2D eigenvalue weighted by atomic mass is 10.1. The van der Waals surface area contributed by atoms with Gasteiger partial charge in [-0.3, -0.25) is 0 Å². The summed E-state index contributed by atoms with van der Waals surface area (Å²) in [4.78, 5) is 0. The minimum Gasteiger partial charge on any atom is -0.399 e. The van der Waals surface area contributed by atoms with Crippen LogP contribution in [-0.2, 0) is 13.0 Å². The molecule has 0 aromatic heterocycles. The molecule has 0 aliphatic heterocycles. The molecule has 0 spiro atoms. The van der Waals surface area contributed by atoms with Gasteiger partial charge in [0.05, 0.1) is 12.2 Å². The van der Waals surface area contributed by atoms with Crippen molar-refractivity contribution in [3.05, 3.63) is 53.6 Å². The molecule has 5 nitrogen and oxygen atoms in total. The van der Waals surface area contributed by atoms with Crippen molar-refractivity contribution in [1.29, 1.82) is 0 Å². The van der Waals surface area contributed by atoms with Crippen molar-refractivity contribution in [3.8, 4) is 0 Å². The van der Waals surface area contributed by atoms with Crippen molar-refractivity contribution in [2.24, 2.45) is 5.84 Å². The molecule has 0 saturated heterocycles. The summed E-state index contributed by atoms with van der Waals surface area (Å²) in [5, 5.41) is 10.7. The molecule has 0 heterocycles. The maximum atomic E-state index is 9.10. The fourth-order valence-electron chi connectivity index (χ4n) is 2.15. The van der Waals surface area contributed by atoms with E-state index in [4.69, 9.17) is 22.4 Å². The molecular formula is C15H20N4O. The number of anilines is 3. The number of nitrogens with zero attached hydrogens (tertiary/aromatic N) is 1. The summed E-state index contributed by atoms with van der Waals surface area (Å²) in [5.74, 6) is 6.13. The first kappa shape index (κ1) is 14.2. The largest absolute Gasteiger partial charge is 0.399 e. The number of rotatable bonds is 5. The lowest BCUT2D eigenvalue weighted by molar-refractivity contribution is 0.299. The number of hydrogen-bond donors (Lipinski definition) is 4. The van der Waals surface area contributed by atoms with Gasteiger partial charge in [-0.1, -0.05) is 18.2 Å². The Morgan fingerprint density at radius 1 is 1.00 bits per heavy atom. The summed E-state index contributed by atoms with van der Waals surface area (Å²) < 4.78 is 0. The average molecular weight is 272 g/mol. The molecule has 0 radical (unpaired) electrons. The van der Waals surface area contributed by atoms with Crippen LogP contribution in [0.5, 0.6) is 0 Å². The number of benzene rings is 2. The first-order chi connectivity index (χ1) is 9.61. The second-order valence-corrected chi connectivity index (χ2v) is 4.69. The van der Waals surface area contributed by atoms with Gasteiger partial charge in [-0.05, 0) is 41.8 Å². The first-order valence-corrected chi connectivity index (χ1v) is 6.46. The van der Waals surface area contributed by atoms with Crippen LogP contribution in [-0.4, -0.2) is 11.7 Å². The minimum atomic E-state index is 0.0886. The Balaban J connectivity index is 2.23. The van der Waals surface area contributed by atoms with Crippen LogP contribution >= 0.6 is 0 Å². The molecule has 0 amide bonds. The van der Waals surface area contributed by atoms with E-state index < -0.39 is 0 Å². The normalized spacial score (nSPS) is 10.5. The van der Waals surface area contributed by atoms with Crippen molar-refractivity contribution >= 4 is 17.1 Å². The molecule has 7 N–H and O–H groups in total. The van der Waals surface area contributed by atoms with E-state index in [-0.39, 0.29) is 6.61 Å². The standard InChI is InChI=1S/C15H20N4O/c16-13-5-6-14(17)12(9-13)10-19(18)15-4-2-1-3-11(15)7-8-20/h1-6,9,20H,7-8,10,16-18H2. The Kier molecular flexibility index (Phi) is 4.45. The van der Waals surface area contributed by atoms with Crippen LogP contribution in [0.4, 0.5) is 17.1 Å². The highest BCUT2D eigenvalue weighted by molar-refractivity contribution is 5.58. The lowest BCUT2D eigenvalue weighted by Gasteiger charge is -2.22. The molecule has 0 saturated carbocycles. The number of aliphatic hydroxyl groups is 1. The highest BCUT2D eigenvalue weighted by Gasteiger charge is 2.09. The van der Waals surface area contributed by atoms with Gasteiger partial charge in [0.2, 0.25) is 0 Å². The van der Waals surface area contributed by atoms with Crippen molar-refractivity contribution in [2.45, 2.75) is 13.0 Å². The van der Waals surface area contributed by atoms with Gasteiger partial charge in [-0.25, -0.2) is 5.84 Å². The monoisotopic (exact) mass is 272 g/mol. The second-order valence-electron chi connectivity index (χ2n) is 4.69. The number of hydrazine groups is 1. The molecular weight excluding hydrogens is 252 g/mol. The SMILES string of the molecule is Nc1ccc(N)c(CN(N)c2ccccc2CCO)c1. The molecule has 2 rings (SSSR count). The van der Waals surface area contributed by atoms with Gasteiger partial charge in [-0.2, -0.15) is 0 Å². The molecule has 0 atom stereocenters. The molecule has 0 aliphatic carbocycles. The Labute approximate surface area is 118 Å². The summed E-state index contributed by atoms with van der Waals surface area (Å²) in [5.41, 5.74) is 15.8. The third kappa shape index (κ3) is 3.20. The maximum Gasteiger partial charge on any atom is 0.0613 e. The van der Waals surface area contributed by atoms with Gasteiger partial charge in [0.25, 0.3) is 0 Å². The van der Waals surface area contributed by atoms with Crippen LogP contribution in [0.2, 0.25) is 0 Å². The molecule has 5 heteroatoms. The first-order valence-electron chi connectivity index (χ1n) is 6.46. The predicted molar refractivity (Wildman–Crippen MR) is 82.9 cm³/mol. The van der Waals surface area contributed by atoms with Crippen molar-refractivity contribution in [2.75, 3.05) is 23.1 Å². The van der Waals surface area contributed by atoms with Crippen LogP contribution in [0.15, 0.2) is 42.5 Å². The third-order valence-corrected chi connectivity index (χ3v) is 3.19. The molecule has 106 valence electrons. The summed E-state index contributed by atoms with van der Waals surface area (Å²) in [7, 11) is 0. The number of aliphatic hydroxyl groups excluding tert-OH is 1. The second kappa shape index (κ2) is 6.27. The summed E-state index contributed by atoms with van der Waals surface area (Å²) in [6.07, 6.45) is 0.566. The zero-order valence-corrected chi connectivity index (χ0v) is 11.3. The van der Waals surface area contributed by atoms with Crippen LogP contribution in [0.25, 0.3) is 0 Å². The van der Waals surface area contributed by atoms with Crippen molar-refractivity contribution in [3.63, 3.8) is 0 Å².